The second-order valence-corrected chi connectivity index (χ2v) is 7.19. The third-order valence-corrected chi connectivity index (χ3v) is 4.09. The molecule has 2 fully saturated rings. The molecule has 0 aromatic carbocycles. The van der Waals surface area contributed by atoms with E-state index in [9.17, 15) is 4.79 Å². The normalized spacial score (nSPS) is 23.5. The zero-order chi connectivity index (χ0) is 15.0. The Morgan fingerprint density at radius 3 is 2.81 bits per heavy atom. The van der Waals surface area contributed by atoms with Crippen LogP contribution in [-0.4, -0.2) is 38.6 Å². The lowest BCUT2D eigenvalue weighted by Crippen LogP contribution is -2.40. The van der Waals surface area contributed by atoms with Gasteiger partial charge in [0.05, 0.1) is 12.0 Å². The van der Waals surface area contributed by atoms with Gasteiger partial charge in [-0.3, -0.25) is 9.69 Å². The minimum atomic E-state index is -0.416. The highest BCUT2D eigenvalue weighted by Gasteiger charge is 2.35. The van der Waals surface area contributed by atoms with Crippen molar-refractivity contribution in [2.45, 2.75) is 70.7 Å². The Kier molecular flexibility index (Phi) is 3.78. The van der Waals surface area contributed by atoms with Crippen LogP contribution in [0.2, 0.25) is 0 Å². The number of hydrogen-bond donors (Lipinski definition) is 0. The Balaban J connectivity index is 1.66. The van der Waals surface area contributed by atoms with Crippen LogP contribution in [0.3, 0.4) is 0 Å². The second-order valence-electron chi connectivity index (χ2n) is 7.19. The van der Waals surface area contributed by atoms with Gasteiger partial charge in [-0.15, -0.1) is 0 Å². The summed E-state index contributed by atoms with van der Waals surface area (Å²) in [5, 5.41) is 0. The summed E-state index contributed by atoms with van der Waals surface area (Å²) in [4.78, 5) is 18.9. The first-order chi connectivity index (χ1) is 9.94. The van der Waals surface area contributed by atoms with E-state index in [2.05, 4.69) is 14.5 Å². The van der Waals surface area contributed by atoms with Crippen molar-refractivity contribution in [3.05, 3.63) is 18.2 Å². The molecule has 3 rings (SSSR count). The summed E-state index contributed by atoms with van der Waals surface area (Å²) in [6.07, 6.45) is 8.31. The third kappa shape index (κ3) is 3.46. The zero-order valence-electron chi connectivity index (χ0n) is 13.2. The molecule has 1 saturated carbocycles. The van der Waals surface area contributed by atoms with Crippen LogP contribution in [-0.2, 0) is 16.1 Å². The summed E-state index contributed by atoms with van der Waals surface area (Å²) >= 11 is 0. The van der Waals surface area contributed by atoms with Gasteiger partial charge in [0.25, 0.3) is 0 Å². The molecule has 2 aliphatic rings. The second kappa shape index (κ2) is 5.44. The minimum Gasteiger partial charge on any atom is -0.459 e. The summed E-state index contributed by atoms with van der Waals surface area (Å²) in [5.74, 6) is -0.0857. The number of hydrogen-bond acceptors (Lipinski definition) is 4. The van der Waals surface area contributed by atoms with E-state index >= 15 is 0 Å². The number of esters is 1. The highest BCUT2D eigenvalue weighted by Crippen LogP contribution is 2.36. The van der Waals surface area contributed by atoms with Crippen LogP contribution in [0.25, 0.3) is 0 Å². The molecule has 1 aromatic heterocycles. The van der Waals surface area contributed by atoms with Crippen LogP contribution < -0.4 is 0 Å². The van der Waals surface area contributed by atoms with Crippen LogP contribution in [0.1, 0.15) is 58.2 Å². The third-order valence-electron chi connectivity index (χ3n) is 4.09. The average Bonchev–Trinajstić information content (AvgIpc) is 2.94. The first-order valence-electron chi connectivity index (χ1n) is 7.92. The van der Waals surface area contributed by atoms with E-state index in [-0.39, 0.29) is 12.0 Å². The molecule has 0 bridgehead atoms. The van der Waals surface area contributed by atoms with Crippen LogP contribution in [0, 0.1) is 0 Å². The number of likely N-dealkylation sites (tertiary alicyclic amines) is 1. The van der Waals surface area contributed by atoms with Gasteiger partial charge in [-0.05, 0) is 53.0 Å². The van der Waals surface area contributed by atoms with Gasteiger partial charge < -0.3 is 9.30 Å². The monoisotopic (exact) mass is 291 g/mol. The highest BCUT2D eigenvalue weighted by atomic mass is 16.6. The van der Waals surface area contributed by atoms with Crippen LogP contribution in [0.5, 0.6) is 0 Å². The predicted octanol–water partition coefficient (Wildman–Crippen LogP) is 2.52. The fraction of sp³-hybridized carbons (Fsp3) is 0.750. The van der Waals surface area contributed by atoms with Crippen molar-refractivity contribution in [2.75, 3.05) is 6.54 Å². The first kappa shape index (κ1) is 14.6. The van der Waals surface area contributed by atoms with E-state index in [0.717, 1.165) is 25.9 Å². The minimum absolute atomic E-state index is 0.0857. The van der Waals surface area contributed by atoms with E-state index in [0.29, 0.717) is 6.04 Å². The molecular formula is C16H25N3O2. The lowest BCUT2D eigenvalue weighted by Gasteiger charge is -2.27. The number of rotatable bonds is 4. The van der Waals surface area contributed by atoms with Gasteiger partial charge in [0.2, 0.25) is 0 Å². The molecule has 5 nitrogen and oxygen atoms in total. The highest BCUT2D eigenvalue weighted by molar-refractivity contribution is 5.76. The molecule has 1 aliphatic carbocycles. The van der Waals surface area contributed by atoms with Crippen molar-refractivity contribution in [3.8, 4) is 0 Å². The van der Waals surface area contributed by atoms with Crippen molar-refractivity contribution >= 4 is 5.97 Å². The standard InChI is InChI=1S/C16H25N3O2/c1-16(2,3)21-15(20)14-5-4-8-18(14)10-13-9-17-11-19(13)12-6-7-12/h9,11-12,14H,4-8,10H2,1-3H3/t14-/m1/s1. The molecular weight excluding hydrogens is 266 g/mol. The number of carbonyl (C=O) groups excluding carboxylic acids is 1. The lowest BCUT2D eigenvalue weighted by molar-refractivity contribution is -0.160. The fourth-order valence-electron chi connectivity index (χ4n) is 3.00. The van der Waals surface area contributed by atoms with Crippen molar-refractivity contribution < 1.29 is 9.53 Å². The quantitative estimate of drug-likeness (QED) is 0.800. The average molecular weight is 291 g/mol. The molecule has 0 radical (unpaired) electrons. The molecule has 1 aliphatic heterocycles. The smallest absolute Gasteiger partial charge is 0.323 e. The summed E-state index contributed by atoms with van der Waals surface area (Å²) in [7, 11) is 0. The molecule has 1 atom stereocenters. The fourth-order valence-corrected chi connectivity index (χ4v) is 3.00. The van der Waals surface area contributed by atoms with Gasteiger partial charge in [0.1, 0.15) is 11.6 Å². The van der Waals surface area contributed by atoms with E-state index in [1.165, 1.54) is 18.5 Å². The van der Waals surface area contributed by atoms with Gasteiger partial charge in [0, 0.05) is 18.8 Å². The first-order valence-corrected chi connectivity index (χ1v) is 7.92. The molecule has 5 heteroatoms. The molecule has 0 N–H and O–H groups in total. The molecule has 0 amide bonds. The van der Waals surface area contributed by atoms with Crippen LogP contribution in [0.15, 0.2) is 12.5 Å². The molecule has 2 heterocycles. The number of carbonyl (C=O) groups is 1. The largest absolute Gasteiger partial charge is 0.459 e. The summed E-state index contributed by atoms with van der Waals surface area (Å²) in [6.45, 7) is 7.52. The number of ether oxygens (including phenoxy) is 1. The summed E-state index contributed by atoms with van der Waals surface area (Å²) in [6, 6.07) is 0.525. The topological polar surface area (TPSA) is 47.4 Å². The summed E-state index contributed by atoms with van der Waals surface area (Å²) in [5.41, 5.74) is 0.800. The van der Waals surface area contributed by atoms with E-state index < -0.39 is 5.60 Å². The molecule has 1 aromatic rings. The maximum absolute atomic E-state index is 12.3. The van der Waals surface area contributed by atoms with E-state index in [1.54, 1.807) is 0 Å². The van der Waals surface area contributed by atoms with Crippen molar-refractivity contribution in [1.82, 2.24) is 14.5 Å². The Hall–Kier alpha value is -1.36. The Morgan fingerprint density at radius 1 is 1.38 bits per heavy atom. The molecule has 21 heavy (non-hydrogen) atoms. The molecule has 0 unspecified atom stereocenters. The molecule has 1 saturated heterocycles. The number of nitrogens with zero attached hydrogens (tertiary/aromatic N) is 3. The molecule has 0 spiro atoms. The van der Waals surface area contributed by atoms with Crippen LogP contribution in [0.4, 0.5) is 0 Å². The Bertz CT molecular complexity index is 514. The number of aromatic nitrogens is 2. The molecule has 116 valence electrons. The predicted molar refractivity (Wildman–Crippen MR) is 79.8 cm³/mol. The van der Waals surface area contributed by atoms with Crippen molar-refractivity contribution in [1.29, 1.82) is 0 Å². The van der Waals surface area contributed by atoms with Crippen molar-refractivity contribution in [3.63, 3.8) is 0 Å². The van der Waals surface area contributed by atoms with E-state index in [1.807, 2.05) is 33.3 Å². The van der Waals surface area contributed by atoms with Crippen LogP contribution >= 0.6 is 0 Å². The maximum Gasteiger partial charge on any atom is 0.323 e. The Morgan fingerprint density at radius 2 is 2.14 bits per heavy atom. The van der Waals surface area contributed by atoms with E-state index in [4.69, 9.17) is 4.74 Å². The van der Waals surface area contributed by atoms with Gasteiger partial charge in [-0.1, -0.05) is 0 Å². The maximum atomic E-state index is 12.3. The van der Waals surface area contributed by atoms with Gasteiger partial charge in [0.15, 0.2) is 0 Å². The van der Waals surface area contributed by atoms with Gasteiger partial charge >= 0.3 is 5.97 Å². The lowest BCUT2D eigenvalue weighted by atomic mass is 10.1. The number of imidazole rings is 1. The van der Waals surface area contributed by atoms with Gasteiger partial charge in [-0.25, -0.2) is 4.98 Å². The summed E-state index contributed by atoms with van der Waals surface area (Å²) < 4.78 is 7.83. The SMILES string of the molecule is CC(C)(C)OC(=O)[C@H]1CCCN1Cc1cncn1C1CC1. The van der Waals surface area contributed by atoms with Gasteiger partial charge in [-0.2, -0.15) is 0 Å². The Labute approximate surface area is 126 Å². The van der Waals surface area contributed by atoms with Crippen molar-refractivity contribution in [2.24, 2.45) is 0 Å². The zero-order valence-corrected chi connectivity index (χ0v) is 13.2.